The van der Waals surface area contributed by atoms with Gasteiger partial charge in [-0.25, -0.2) is 58.6 Å². The Bertz CT molecular complexity index is 3270. The largest absolute Gasteiger partial charge is 0.479 e. The molecule has 2 aliphatic heterocycles. The molecule has 2 N–H and O–H groups in total. The summed E-state index contributed by atoms with van der Waals surface area (Å²) in [5, 5.41) is 6.03. The van der Waals surface area contributed by atoms with Gasteiger partial charge in [0, 0.05) is 50.1 Å². The lowest BCUT2D eigenvalue weighted by Gasteiger charge is -2.34. The average Bonchev–Trinajstić information content (AvgIpc) is 4.08. The number of anilines is 6. The Morgan fingerprint density at radius 1 is 0.577 bits per heavy atom. The number of fused-ring (bicyclic) bond motifs is 2. The number of hydrogen-bond donors (Lipinski definition) is 2. The topological polar surface area (TPSA) is 228 Å². The summed E-state index contributed by atoms with van der Waals surface area (Å²) < 4.78 is 45.0. The van der Waals surface area contributed by atoms with Crippen molar-refractivity contribution in [2.75, 3.05) is 75.9 Å². The molecule has 10 rings (SSSR count). The first-order valence-corrected chi connectivity index (χ1v) is 25.6. The van der Waals surface area contributed by atoms with Gasteiger partial charge in [0.15, 0.2) is 22.7 Å². The maximum absolute atomic E-state index is 15.0. The number of hydrogen-bond acceptors (Lipinski definition) is 18. The molecule has 0 radical (unpaired) electrons. The van der Waals surface area contributed by atoms with Crippen LogP contribution >= 0.6 is 0 Å². The monoisotopic (exact) mass is 1070 g/mol. The normalized spacial score (nSPS) is 16.0. The van der Waals surface area contributed by atoms with Gasteiger partial charge in [-0.3, -0.25) is 9.59 Å². The van der Waals surface area contributed by atoms with Crippen molar-refractivity contribution in [2.45, 2.75) is 91.4 Å². The number of halogens is 2. The minimum atomic E-state index is -0.621. The van der Waals surface area contributed by atoms with Crippen LogP contribution < -0.4 is 29.9 Å². The minimum absolute atomic E-state index is 0.0211. The van der Waals surface area contributed by atoms with Crippen LogP contribution in [-0.2, 0) is 9.59 Å². The Balaban J connectivity index is 0.000000190. The fourth-order valence-corrected chi connectivity index (χ4v) is 9.94. The van der Waals surface area contributed by atoms with Crippen molar-refractivity contribution in [3.63, 3.8) is 0 Å². The maximum Gasteiger partial charge on any atom is 0.242 e. The third-order valence-electron chi connectivity index (χ3n) is 13.9. The molecule has 8 aromatic rings. The summed E-state index contributed by atoms with van der Waals surface area (Å²) in [6.07, 6.45) is 8.20. The molecular weight excluding hydrogens is 1000 g/mol. The molecule has 0 unspecified atom stereocenters. The van der Waals surface area contributed by atoms with Gasteiger partial charge in [-0.15, -0.1) is 0 Å². The SMILES string of the molecule is COc1nc(-c2nc(Nc3ccc(N4CC[C@@H](N(C)C)CC4=O)cn3)ncc2F)cc2c1nc(C)n2C(C)C.COc1nc(-c2nc(Nc3ccc(N4CC[C@H](N(C)C)CC4=O)cn3)ncc2F)cc2c1nc(C)n2C(C)C. The Morgan fingerprint density at radius 2 is 0.974 bits per heavy atom. The quantitative estimate of drug-likeness (QED) is 0.104. The van der Waals surface area contributed by atoms with Crippen LogP contribution in [0.5, 0.6) is 11.8 Å². The number of aromatic nitrogens is 12. The number of methoxy groups -OCH3 is 2. The number of ether oxygens (including phenoxy) is 2. The van der Waals surface area contributed by atoms with E-state index in [0.717, 1.165) is 59.3 Å². The highest BCUT2D eigenvalue weighted by molar-refractivity contribution is 5.95. The van der Waals surface area contributed by atoms with Gasteiger partial charge >= 0.3 is 0 Å². The number of amides is 2. The molecule has 2 aliphatic rings. The van der Waals surface area contributed by atoms with E-state index in [-0.39, 0.29) is 59.3 Å². The fourth-order valence-electron chi connectivity index (χ4n) is 9.94. The van der Waals surface area contributed by atoms with Crippen LogP contribution in [0, 0.1) is 25.5 Å². The van der Waals surface area contributed by atoms with Crippen molar-refractivity contribution in [1.29, 1.82) is 0 Å². The van der Waals surface area contributed by atoms with Gasteiger partial charge in [-0.05, 0) is 119 Å². The van der Waals surface area contributed by atoms with E-state index in [0.29, 0.717) is 71.7 Å². The van der Waals surface area contributed by atoms with Gasteiger partial charge in [0.25, 0.3) is 0 Å². The second-order valence-corrected chi connectivity index (χ2v) is 20.2. The van der Waals surface area contributed by atoms with Crippen molar-refractivity contribution < 1.29 is 27.8 Å². The number of carbonyl (C=O) groups is 2. The maximum atomic E-state index is 15.0. The molecule has 2 saturated heterocycles. The first-order chi connectivity index (χ1) is 37.3. The minimum Gasteiger partial charge on any atom is -0.479 e. The number of carbonyl (C=O) groups excluding carboxylic acids is 2. The zero-order valence-electron chi connectivity index (χ0n) is 45.9. The molecule has 78 heavy (non-hydrogen) atoms. The van der Waals surface area contributed by atoms with Crippen molar-refractivity contribution in [3.05, 3.63) is 84.5 Å². The summed E-state index contributed by atoms with van der Waals surface area (Å²) in [5.41, 5.74) is 4.86. The predicted molar refractivity (Wildman–Crippen MR) is 294 cm³/mol. The Labute approximate surface area is 450 Å². The number of nitrogens with zero attached hydrogens (tertiary/aromatic N) is 16. The van der Waals surface area contributed by atoms with E-state index in [2.05, 4.69) is 70.3 Å². The molecule has 408 valence electrons. The lowest BCUT2D eigenvalue weighted by Crippen LogP contribution is -2.45. The van der Waals surface area contributed by atoms with Gasteiger partial charge < -0.3 is 48.8 Å². The third kappa shape index (κ3) is 11.2. The number of pyridine rings is 4. The van der Waals surface area contributed by atoms with Crippen LogP contribution in [0.4, 0.5) is 43.7 Å². The van der Waals surface area contributed by atoms with E-state index < -0.39 is 11.6 Å². The number of imidazole rings is 2. The zero-order valence-corrected chi connectivity index (χ0v) is 45.9. The van der Waals surface area contributed by atoms with Gasteiger partial charge in [-0.2, -0.15) is 0 Å². The van der Waals surface area contributed by atoms with Crippen LogP contribution in [0.25, 0.3) is 44.8 Å². The zero-order chi connectivity index (χ0) is 55.7. The first-order valence-electron chi connectivity index (χ1n) is 25.6. The second kappa shape index (κ2) is 22.7. The van der Waals surface area contributed by atoms with Crippen molar-refractivity contribution in [3.8, 4) is 34.5 Å². The molecule has 24 heteroatoms. The molecule has 0 aliphatic carbocycles. The van der Waals surface area contributed by atoms with Crippen LogP contribution in [0.3, 0.4) is 0 Å². The van der Waals surface area contributed by atoms with Crippen molar-refractivity contribution in [1.82, 2.24) is 68.8 Å². The molecule has 0 saturated carbocycles. The predicted octanol–water partition coefficient (Wildman–Crippen LogP) is 8.24. The summed E-state index contributed by atoms with van der Waals surface area (Å²) >= 11 is 0. The van der Waals surface area contributed by atoms with Crippen LogP contribution in [-0.4, -0.2) is 148 Å². The third-order valence-corrected chi connectivity index (χ3v) is 13.9. The average molecular weight is 1070 g/mol. The molecule has 0 spiro atoms. The number of aryl methyl sites for hydroxylation is 2. The van der Waals surface area contributed by atoms with E-state index in [1.54, 1.807) is 46.5 Å². The first kappa shape index (κ1) is 54.4. The molecule has 2 atom stereocenters. The van der Waals surface area contributed by atoms with Gasteiger partial charge in [0.1, 0.15) is 34.7 Å². The molecular formula is C54H64F2N18O4. The molecule has 2 fully saturated rings. The van der Waals surface area contributed by atoms with E-state index in [1.807, 2.05) is 91.0 Å². The lowest BCUT2D eigenvalue weighted by molar-refractivity contribution is -0.121. The van der Waals surface area contributed by atoms with Gasteiger partial charge in [0.2, 0.25) is 35.5 Å². The summed E-state index contributed by atoms with van der Waals surface area (Å²) in [6, 6.07) is 11.4. The van der Waals surface area contributed by atoms with Gasteiger partial charge in [0.05, 0.1) is 72.8 Å². The smallest absolute Gasteiger partial charge is 0.242 e. The lowest BCUT2D eigenvalue weighted by atomic mass is 10.0. The second-order valence-electron chi connectivity index (χ2n) is 20.2. The molecule has 0 bridgehead atoms. The van der Waals surface area contributed by atoms with E-state index in [9.17, 15) is 18.4 Å². The Kier molecular flexibility index (Phi) is 15.8. The van der Waals surface area contributed by atoms with Gasteiger partial charge in [-0.1, -0.05) is 0 Å². The Hall–Kier alpha value is -8.38. The highest BCUT2D eigenvalue weighted by atomic mass is 19.1. The standard InChI is InChI=1S/2C27H32FN9O2/c2*1-15(2)37-16(3)31-25-21(37)12-20(32-26(25)39-6)24-19(28)14-30-27(34-24)33-22-8-7-18(13-29-22)36-10-9-17(35(4)5)11-23(36)38/h2*7-8,12-15,17H,9-11H2,1-6H3,(H,29,30,33,34)/t2*17-/m10/s1. The molecule has 8 aromatic heterocycles. The van der Waals surface area contributed by atoms with Crippen molar-refractivity contribution in [2.24, 2.45) is 0 Å². The molecule has 0 aromatic carbocycles. The van der Waals surface area contributed by atoms with Crippen LogP contribution in [0.1, 0.15) is 77.1 Å². The van der Waals surface area contributed by atoms with Crippen LogP contribution in [0.2, 0.25) is 0 Å². The Morgan fingerprint density at radius 3 is 1.29 bits per heavy atom. The summed E-state index contributed by atoms with van der Waals surface area (Å²) in [5.74, 6) is 2.33. The van der Waals surface area contributed by atoms with E-state index in [1.165, 1.54) is 14.2 Å². The number of nitrogens with one attached hydrogen (secondary N) is 2. The highest BCUT2D eigenvalue weighted by Gasteiger charge is 2.30. The molecule has 10 heterocycles. The van der Waals surface area contributed by atoms with Crippen molar-refractivity contribution >= 4 is 68.8 Å². The molecule has 2 amide bonds. The summed E-state index contributed by atoms with van der Waals surface area (Å²) in [4.78, 5) is 77.0. The summed E-state index contributed by atoms with van der Waals surface area (Å²) in [6.45, 7) is 13.3. The summed E-state index contributed by atoms with van der Waals surface area (Å²) in [7, 11) is 11.0. The highest BCUT2D eigenvalue weighted by Crippen LogP contribution is 2.35. The van der Waals surface area contributed by atoms with E-state index >= 15 is 0 Å². The number of piperidine rings is 2. The van der Waals surface area contributed by atoms with Crippen LogP contribution in [0.15, 0.2) is 61.2 Å². The fraction of sp³-hybridized carbons (Fsp3) is 0.407. The van der Waals surface area contributed by atoms with E-state index in [4.69, 9.17) is 9.47 Å². The molecule has 22 nitrogen and oxygen atoms in total. The number of rotatable bonds is 14.